The minimum absolute atomic E-state index is 0.0341. The molecule has 1 unspecified atom stereocenters. The first kappa shape index (κ1) is 14.6. The number of halogens is 1. The second-order valence-corrected chi connectivity index (χ2v) is 6.85. The van der Waals surface area contributed by atoms with Gasteiger partial charge in [0.1, 0.15) is 0 Å². The van der Waals surface area contributed by atoms with Gasteiger partial charge in [0.05, 0.1) is 5.56 Å². The number of carbonyl (C=O) groups is 2. The lowest BCUT2D eigenvalue weighted by Crippen LogP contribution is -2.42. The third kappa shape index (κ3) is 2.84. The van der Waals surface area contributed by atoms with Crippen molar-refractivity contribution in [3.63, 3.8) is 0 Å². The Balaban J connectivity index is 1.85. The van der Waals surface area contributed by atoms with Crippen molar-refractivity contribution >= 4 is 27.8 Å². The summed E-state index contributed by atoms with van der Waals surface area (Å²) in [7, 11) is 0. The molecule has 5 heteroatoms. The molecule has 1 aliphatic heterocycles. The van der Waals surface area contributed by atoms with Crippen LogP contribution in [0.3, 0.4) is 0 Å². The van der Waals surface area contributed by atoms with Gasteiger partial charge in [-0.25, -0.2) is 4.79 Å². The first-order valence-corrected chi connectivity index (χ1v) is 8.20. The summed E-state index contributed by atoms with van der Waals surface area (Å²) in [5.41, 5.74) is 0.611. The van der Waals surface area contributed by atoms with Crippen molar-refractivity contribution in [2.45, 2.75) is 38.1 Å². The largest absolute Gasteiger partial charge is 0.478 e. The summed E-state index contributed by atoms with van der Waals surface area (Å²) in [6.07, 6.45) is 5.83. The van der Waals surface area contributed by atoms with Crippen molar-refractivity contribution in [3.8, 4) is 0 Å². The van der Waals surface area contributed by atoms with E-state index < -0.39 is 5.97 Å². The van der Waals surface area contributed by atoms with Crippen LogP contribution >= 0.6 is 15.9 Å². The first-order valence-electron chi connectivity index (χ1n) is 7.41. The molecule has 1 heterocycles. The molecule has 1 aliphatic carbocycles. The molecule has 112 valence electrons. The Hall–Kier alpha value is -1.36. The van der Waals surface area contributed by atoms with Crippen LogP contribution in [0.25, 0.3) is 0 Å². The summed E-state index contributed by atoms with van der Waals surface area (Å²) >= 11 is 3.29. The normalized spacial score (nSPS) is 22.1. The van der Waals surface area contributed by atoms with Gasteiger partial charge < -0.3 is 10.0 Å². The number of amides is 1. The number of carboxylic acid groups (broad SMARTS) is 1. The number of aromatic carboxylic acids is 1. The van der Waals surface area contributed by atoms with Crippen molar-refractivity contribution in [1.82, 2.24) is 4.90 Å². The maximum Gasteiger partial charge on any atom is 0.335 e. The molecule has 0 bridgehead atoms. The number of carbonyl (C=O) groups excluding carboxylic acids is 1. The average molecular weight is 352 g/mol. The molecule has 1 atom stereocenters. The van der Waals surface area contributed by atoms with Crippen molar-refractivity contribution in [3.05, 3.63) is 33.8 Å². The third-order valence-corrected chi connectivity index (χ3v) is 5.10. The highest BCUT2D eigenvalue weighted by atomic mass is 79.9. The van der Waals surface area contributed by atoms with Gasteiger partial charge in [0.25, 0.3) is 5.91 Å². The van der Waals surface area contributed by atoms with Gasteiger partial charge in [-0.2, -0.15) is 0 Å². The predicted octanol–water partition coefficient (Wildman–Crippen LogP) is 3.55. The lowest BCUT2D eigenvalue weighted by molar-refractivity contribution is 0.0626. The summed E-state index contributed by atoms with van der Waals surface area (Å²) in [5, 5.41) is 9.12. The number of hydrogen-bond acceptors (Lipinski definition) is 2. The van der Waals surface area contributed by atoms with Gasteiger partial charge in [0.2, 0.25) is 0 Å². The Labute approximate surface area is 132 Å². The number of likely N-dealkylation sites (tertiary alicyclic amines) is 1. The highest BCUT2D eigenvalue weighted by molar-refractivity contribution is 9.10. The molecule has 1 saturated heterocycles. The fraction of sp³-hybridized carbons (Fsp3) is 0.500. The fourth-order valence-electron chi connectivity index (χ4n) is 3.36. The molecule has 3 rings (SSSR count). The summed E-state index contributed by atoms with van der Waals surface area (Å²) in [5.74, 6) is -0.405. The molecule has 0 radical (unpaired) electrons. The number of carboxylic acids is 1. The predicted molar refractivity (Wildman–Crippen MR) is 82.5 cm³/mol. The van der Waals surface area contributed by atoms with E-state index in [1.165, 1.54) is 31.4 Å². The van der Waals surface area contributed by atoms with Crippen LogP contribution in [0, 0.1) is 5.92 Å². The van der Waals surface area contributed by atoms with Gasteiger partial charge in [-0.15, -0.1) is 0 Å². The molecule has 4 nitrogen and oxygen atoms in total. The van der Waals surface area contributed by atoms with Crippen molar-refractivity contribution in [1.29, 1.82) is 0 Å². The monoisotopic (exact) mass is 351 g/mol. The first-order chi connectivity index (χ1) is 10.1. The van der Waals surface area contributed by atoms with Crippen molar-refractivity contribution < 1.29 is 14.7 Å². The maximum absolute atomic E-state index is 12.7. The number of benzene rings is 1. The van der Waals surface area contributed by atoms with Crippen LogP contribution < -0.4 is 0 Å². The Morgan fingerprint density at radius 2 is 1.81 bits per heavy atom. The fourth-order valence-corrected chi connectivity index (χ4v) is 3.86. The zero-order chi connectivity index (χ0) is 15.0. The zero-order valence-electron chi connectivity index (χ0n) is 11.7. The van der Waals surface area contributed by atoms with E-state index in [4.69, 9.17) is 5.11 Å². The van der Waals surface area contributed by atoms with Crippen LogP contribution in [-0.2, 0) is 0 Å². The molecule has 1 aromatic rings. The van der Waals surface area contributed by atoms with E-state index in [0.717, 1.165) is 19.4 Å². The molecule has 0 spiro atoms. The van der Waals surface area contributed by atoms with Crippen molar-refractivity contribution in [2.75, 3.05) is 6.54 Å². The highest BCUT2D eigenvalue weighted by Crippen LogP contribution is 2.37. The van der Waals surface area contributed by atoms with Gasteiger partial charge in [0, 0.05) is 22.6 Å². The van der Waals surface area contributed by atoms with Gasteiger partial charge in [0.15, 0.2) is 0 Å². The molecule has 0 aromatic heterocycles. The minimum Gasteiger partial charge on any atom is -0.478 e. The van der Waals surface area contributed by atoms with Crippen LogP contribution in [0.2, 0.25) is 0 Å². The van der Waals surface area contributed by atoms with Crippen LogP contribution in [0.5, 0.6) is 0 Å². The van der Waals surface area contributed by atoms with E-state index in [1.54, 1.807) is 6.07 Å². The van der Waals surface area contributed by atoms with Crippen LogP contribution in [0.15, 0.2) is 22.7 Å². The lowest BCUT2D eigenvalue weighted by atomic mass is 9.78. The van der Waals surface area contributed by atoms with Crippen LogP contribution in [0.4, 0.5) is 0 Å². The van der Waals surface area contributed by atoms with E-state index in [0.29, 0.717) is 22.0 Å². The molecule has 2 fully saturated rings. The molecule has 1 amide bonds. The standard InChI is InChI=1S/C16H18BrNO3/c17-13-8-11(7-12(9-13)16(20)21)15(19)18-6-2-5-14(18)10-3-1-4-10/h7-10,14H,1-6H2,(H,20,21). The zero-order valence-corrected chi connectivity index (χ0v) is 13.3. The Morgan fingerprint density at radius 3 is 2.43 bits per heavy atom. The molecule has 21 heavy (non-hydrogen) atoms. The molecular weight excluding hydrogens is 334 g/mol. The van der Waals surface area contributed by atoms with E-state index in [2.05, 4.69) is 15.9 Å². The molecule has 1 N–H and O–H groups in total. The second-order valence-electron chi connectivity index (χ2n) is 5.93. The van der Waals surface area contributed by atoms with E-state index in [1.807, 2.05) is 4.90 Å². The maximum atomic E-state index is 12.7. The van der Waals surface area contributed by atoms with Crippen LogP contribution in [-0.4, -0.2) is 34.5 Å². The molecular formula is C16H18BrNO3. The van der Waals surface area contributed by atoms with Gasteiger partial charge >= 0.3 is 5.97 Å². The quantitative estimate of drug-likeness (QED) is 0.905. The Bertz CT molecular complexity index is 583. The SMILES string of the molecule is O=C(O)c1cc(Br)cc(C(=O)N2CCCC2C2CCC2)c1. The summed E-state index contributed by atoms with van der Waals surface area (Å²) in [6.45, 7) is 0.787. The number of hydrogen-bond donors (Lipinski definition) is 1. The minimum atomic E-state index is -1.01. The summed E-state index contributed by atoms with van der Waals surface area (Å²) in [6, 6.07) is 5.06. The topological polar surface area (TPSA) is 57.6 Å². The Morgan fingerprint density at radius 1 is 1.10 bits per heavy atom. The molecule has 2 aliphatic rings. The smallest absolute Gasteiger partial charge is 0.335 e. The van der Waals surface area contributed by atoms with E-state index in [-0.39, 0.29) is 11.5 Å². The van der Waals surface area contributed by atoms with E-state index >= 15 is 0 Å². The average Bonchev–Trinajstić information content (AvgIpc) is 2.84. The highest BCUT2D eigenvalue weighted by Gasteiger charge is 2.37. The van der Waals surface area contributed by atoms with Gasteiger partial charge in [-0.05, 0) is 49.8 Å². The van der Waals surface area contributed by atoms with Gasteiger partial charge in [-0.1, -0.05) is 22.4 Å². The van der Waals surface area contributed by atoms with Crippen molar-refractivity contribution in [2.24, 2.45) is 5.92 Å². The summed E-state index contributed by atoms with van der Waals surface area (Å²) in [4.78, 5) is 25.8. The summed E-state index contributed by atoms with van der Waals surface area (Å²) < 4.78 is 0.630. The number of nitrogens with zero attached hydrogens (tertiary/aromatic N) is 1. The molecule has 1 aromatic carbocycles. The number of rotatable bonds is 3. The van der Waals surface area contributed by atoms with Crippen LogP contribution in [0.1, 0.15) is 52.8 Å². The Kier molecular flexibility index (Phi) is 4.02. The van der Waals surface area contributed by atoms with Gasteiger partial charge in [-0.3, -0.25) is 4.79 Å². The molecule has 1 saturated carbocycles. The lowest BCUT2D eigenvalue weighted by Gasteiger charge is -2.37. The van der Waals surface area contributed by atoms with E-state index in [9.17, 15) is 9.59 Å². The third-order valence-electron chi connectivity index (χ3n) is 4.65. The second kappa shape index (κ2) is 5.79.